The van der Waals surface area contributed by atoms with E-state index < -0.39 is 18.0 Å². The van der Waals surface area contributed by atoms with E-state index in [1.807, 2.05) is 0 Å². The molecule has 0 aromatic heterocycles. The molecule has 0 radical (unpaired) electrons. The molecule has 1 atom stereocenters. The van der Waals surface area contributed by atoms with E-state index in [-0.39, 0.29) is 18.5 Å². The van der Waals surface area contributed by atoms with Crippen molar-refractivity contribution in [1.82, 2.24) is 15.5 Å². The number of carbonyl (C=O) groups excluding carboxylic acids is 3. The number of carbonyl (C=O) groups is 3. The lowest BCUT2D eigenvalue weighted by molar-refractivity contribution is -0.149. The van der Waals surface area contributed by atoms with Crippen LogP contribution in [0.2, 0.25) is 5.02 Å². The first-order chi connectivity index (χ1) is 14.9. The number of likely N-dealkylation sites (tertiary alicyclic amines) is 1. The third kappa shape index (κ3) is 5.57. The number of piperidine rings is 1. The van der Waals surface area contributed by atoms with Crippen LogP contribution in [-0.2, 0) is 19.1 Å². The summed E-state index contributed by atoms with van der Waals surface area (Å²) in [7, 11) is 0. The van der Waals surface area contributed by atoms with Gasteiger partial charge < -0.3 is 20.1 Å². The van der Waals surface area contributed by atoms with Gasteiger partial charge in [0, 0.05) is 17.3 Å². The zero-order chi connectivity index (χ0) is 22.4. The first-order valence-electron chi connectivity index (χ1n) is 10.6. The Balaban J connectivity index is 1.85. The van der Waals surface area contributed by atoms with Gasteiger partial charge in [0.25, 0.3) is 0 Å². The van der Waals surface area contributed by atoms with Crippen LogP contribution in [0.5, 0.6) is 0 Å². The van der Waals surface area contributed by atoms with Crippen molar-refractivity contribution >= 4 is 29.6 Å². The van der Waals surface area contributed by atoms with Gasteiger partial charge in [-0.05, 0) is 51.4 Å². The maximum Gasteiger partial charge on any atom is 0.338 e. The zero-order valence-electron chi connectivity index (χ0n) is 17.8. The van der Waals surface area contributed by atoms with Crippen molar-refractivity contribution in [3.05, 3.63) is 46.1 Å². The molecule has 0 bridgehead atoms. The molecule has 1 aromatic rings. The Morgan fingerprint density at radius 2 is 1.81 bits per heavy atom. The lowest BCUT2D eigenvalue weighted by atomic mass is 9.93. The number of rotatable bonds is 7. The van der Waals surface area contributed by atoms with Crippen molar-refractivity contribution in [3.63, 3.8) is 0 Å². The van der Waals surface area contributed by atoms with Gasteiger partial charge in [-0.3, -0.25) is 9.69 Å². The summed E-state index contributed by atoms with van der Waals surface area (Å²) < 4.78 is 10.4. The molecule has 2 amide bonds. The molecule has 2 heterocycles. The Bertz CT molecular complexity index is 864. The van der Waals surface area contributed by atoms with Gasteiger partial charge in [0.2, 0.25) is 0 Å². The largest absolute Gasteiger partial charge is 0.466 e. The highest BCUT2D eigenvalue weighted by molar-refractivity contribution is 6.31. The van der Waals surface area contributed by atoms with E-state index in [2.05, 4.69) is 15.5 Å². The predicted molar refractivity (Wildman–Crippen MR) is 115 cm³/mol. The maximum absolute atomic E-state index is 12.9. The summed E-state index contributed by atoms with van der Waals surface area (Å²) in [5, 5.41) is 6.02. The van der Waals surface area contributed by atoms with Crippen molar-refractivity contribution in [2.45, 2.75) is 32.7 Å². The molecule has 2 aliphatic heterocycles. The highest BCUT2D eigenvalue weighted by Crippen LogP contribution is 2.32. The first-order valence-corrected chi connectivity index (χ1v) is 10.9. The van der Waals surface area contributed by atoms with Gasteiger partial charge in [0.1, 0.15) is 0 Å². The van der Waals surface area contributed by atoms with E-state index in [9.17, 15) is 14.4 Å². The maximum atomic E-state index is 12.9. The highest BCUT2D eigenvalue weighted by atomic mass is 35.5. The molecule has 1 saturated heterocycles. The van der Waals surface area contributed by atoms with Gasteiger partial charge in [-0.2, -0.15) is 0 Å². The number of hydrogen-bond acceptors (Lipinski definition) is 6. The number of amides is 2. The molecule has 0 spiro atoms. The quantitative estimate of drug-likeness (QED) is 0.621. The van der Waals surface area contributed by atoms with Crippen LogP contribution in [0.25, 0.3) is 0 Å². The Labute approximate surface area is 186 Å². The van der Waals surface area contributed by atoms with Crippen molar-refractivity contribution in [3.8, 4) is 0 Å². The molecule has 2 N–H and O–H groups in total. The molecule has 168 valence electrons. The number of nitrogens with one attached hydrogen (secondary N) is 2. The third-order valence-electron chi connectivity index (χ3n) is 5.45. The van der Waals surface area contributed by atoms with E-state index in [4.69, 9.17) is 21.1 Å². The molecule has 0 saturated carbocycles. The standard InChI is InChI=1S/C22H28ClN3O5/c1-3-30-20(27)14-9-11-26(12-10-14)13-17-18(21(28)31-4-2)19(25-22(29)24-17)15-7-5-6-8-16(15)23/h5-8,14,19H,3-4,9-13H2,1-2H3,(H2,24,25,29)/t19-/m1/s1. The summed E-state index contributed by atoms with van der Waals surface area (Å²) in [6, 6.07) is 5.96. The van der Waals surface area contributed by atoms with Crippen LogP contribution in [0.15, 0.2) is 35.5 Å². The molecule has 2 aliphatic rings. The highest BCUT2D eigenvalue weighted by Gasteiger charge is 2.36. The van der Waals surface area contributed by atoms with Gasteiger partial charge in [-0.25, -0.2) is 9.59 Å². The van der Waals surface area contributed by atoms with Crippen LogP contribution < -0.4 is 10.6 Å². The monoisotopic (exact) mass is 449 g/mol. The number of nitrogens with zero attached hydrogens (tertiary/aromatic N) is 1. The van der Waals surface area contributed by atoms with E-state index >= 15 is 0 Å². The fourth-order valence-electron chi connectivity index (χ4n) is 3.95. The summed E-state index contributed by atoms with van der Waals surface area (Å²) in [6.45, 7) is 5.79. The Hall–Kier alpha value is -2.58. The van der Waals surface area contributed by atoms with Crippen molar-refractivity contribution in [1.29, 1.82) is 0 Å². The van der Waals surface area contributed by atoms with E-state index in [0.717, 1.165) is 0 Å². The van der Waals surface area contributed by atoms with Crippen LogP contribution >= 0.6 is 11.6 Å². The van der Waals surface area contributed by atoms with Gasteiger partial charge in [0.15, 0.2) is 0 Å². The van der Waals surface area contributed by atoms with Gasteiger partial charge in [-0.15, -0.1) is 0 Å². The van der Waals surface area contributed by atoms with Gasteiger partial charge >= 0.3 is 18.0 Å². The lowest BCUT2D eigenvalue weighted by Crippen LogP contribution is -2.49. The zero-order valence-corrected chi connectivity index (χ0v) is 18.5. The summed E-state index contributed by atoms with van der Waals surface area (Å²) in [4.78, 5) is 39.4. The molecule has 1 aromatic carbocycles. The van der Waals surface area contributed by atoms with Gasteiger partial charge in [0.05, 0.1) is 30.7 Å². The Morgan fingerprint density at radius 1 is 1.13 bits per heavy atom. The number of urea groups is 1. The molecular weight excluding hydrogens is 422 g/mol. The number of halogens is 1. The number of hydrogen-bond donors (Lipinski definition) is 2. The summed E-state index contributed by atoms with van der Waals surface area (Å²) in [5.41, 5.74) is 1.45. The average Bonchev–Trinajstić information content (AvgIpc) is 2.74. The Morgan fingerprint density at radius 3 is 2.45 bits per heavy atom. The topological polar surface area (TPSA) is 97.0 Å². The molecule has 1 fully saturated rings. The van der Waals surface area contributed by atoms with Crippen molar-refractivity contribution in [2.24, 2.45) is 5.92 Å². The van der Waals surface area contributed by atoms with Crippen LogP contribution in [0.4, 0.5) is 4.79 Å². The molecule has 0 aliphatic carbocycles. The lowest BCUT2D eigenvalue weighted by Gasteiger charge is -2.35. The van der Waals surface area contributed by atoms with E-state index in [0.29, 0.717) is 60.9 Å². The van der Waals surface area contributed by atoms with Crippen molar-refractivity contribution < 1.29 is 23.9 Å². The fraction of sp³-hybridized carbons (Fsp3) is 0.500. The van der Waals surface area contributed by atoms with Crippen LogP contribution in [0, 0.1) is 5.92 Å². The van der Waals surface area contributed by atoms with E-state index in [1.54, 1.807) is 38.1 Å². The molecular formula is C22H28ClN3O5. The second-order valence-corrected chi connectivity index (χ2v) is 7.88. The molecule has 8 nitrogen and oxygen atoms in total. The minimum absolute atomic E-state index is 0.117. The molecule has 0 unspecified atom stereocenters. The Kier molecular flexibility index (Phi) is 7.92. The fourth-order valence-corrected chi connectivity index (χ4v) is 4.19. The second kappa shape index (κ2) is 10.6. The summed E-state index contributed by atoms with van der Waals surface area (Å²) >= 11 is 6.36. The number of benzene rings is 1. The molecule has 3 rings (SSSR count). The average molecular weight is 450 g/mol. The van der Waals surface area contributed by atoms with Crippen molar-refractivity contribution in [2.75, 3.05) is 32.8 Å². The second-order valence-electron chi connectivity index (χ2n) is 7.47. The minimum atomic E-state index is -0.714. The smallest absolute Gasteiger partial charge is 0.338 e. The third-order valence-corrected chi connectivity index (χ3v) is 5.80. The number of ether oxygens (including phenoxy) is 2. The first kappa shape index (κ1) is 23.1. The van der Waals surface area contributed by atoms with Gasteiger partial charge in [-0.1, -0.05) is 29.8 Å². The van der Waals surface area contributed by atoms with Crippen LogP contribution in [0.1, 0.15) is 38.3 Å². The minimum Gasteiger partial charge on any atom is -0.466 e. The summed E-state index contributed by atoms with van der Waals surface area (Å²) in [5.74, 6) is -0.785. The molecule has 9 heteroatoms. The molecule has 31 heavy (non-hydrogen) atoms. The number of esters is 2. The van der Waals surface area contributed by atoms with Crippen LogP contribution in [0.3, 0.4) is 0 Å². The SMILES string of the molecule is CCOC(=O)C1=C(CN2CCC(C(=O)OCC)CC2)NC(=O)N[C@@H]1c1ccccc1Cl. The normalized spacial score (nSPS) is 20.1. The summed E-state index contributed by atoms with van der Waals surface area (Å²) in [6.07, 6.45) is 1.34. The van der Waals surface area contributed by atoms with Crippen LogP contribution in [-0.4, -0.2) is 55.7 Å². The van der Waals surface area contributed by atoms with E-state index in [1.165, 1.54) is 0 Å². The predicted octanol–water partition coefficient (Wildman–Crippen LogP) is 2.79.